The zero-order chi connectivity index (χ0) is 18.8. The molecule has 0 bridgehead atoms. The van der Waals surface area contributed by atoms with E-state index in [2.05, 4.69) is 76.9 Å². The summed E-state index contributed by atoms with van der Waals surface area (Å²) in [5.41, 5.74) is 2.32. The molecule has 6 heteroatoms. The highest BCUT2D eigenvalue weighted by Crippen LogP contribution is 2.13. The van der Waals surface area contributed by atoms with E-state index in [4.69, 9.17) is 4.52 Å². The van der Waals surface area contributed by atoms with E-state index in [0.717, 1.165) is 43.5 Å². The number of nitrogens with zero attached hydrogens (tertiary/aromatic N) is 3. The van der Waals surface area contributed by atoms with Gasteiger partial charge in [0.2, 0.25) is 0 Å². The third-order valence-corrected chi connectivity index (χ3v) is 4.13. The zero-order valence-electron chi connectivity index (χ0n) is 16.3. The summed E-state index contributed by atoms with van der Waals surface area (Å²) in [7, 11) is 3.92. The smallest absolute Gasteiger partial charge is 0.191 e. The lowest BCUT2D eigenvalue weighted by molar-refractivity contribution is 0.322. The molecule has 0 saturated carbocycles. The number of nitrogens with one attached hydrogen (secondary N) is 2. The summed E-state index contributed by atoms with van der Waals surface area (Å²) >= 11 is 0. The van der Waals surface area contributed by atoms with Crippen molar-refractivity contribution in [1.29, 1.82) is 0 Å². The Kier molecular flexibility index (Phi) is 8.15. The maximum atomic E-state index is 5.33. The van der Waals surface area contributed by atoms with Crippen molar-refractivity contribution in [2.45, 2.75) is 39.3 Å². The number of guanidine groups is 1. The van der Waals surface area contributed by atoms with Crippen molar-refractivity contribution in [2.24, 2.45) is 4.99 Å². The van der Waals surface area contributed by atoms with Gasteiger partial charge in [-0.1, -0.05) is 49.3 Å². The second kappa shape index (κ2) is 10.6. The van der Waals surface area contributed by atoms with E-state index in [0.29, 0.717) is 12.5 Å². The molecule has 142 valence electrons. The van der Waals surface area contributed by atoms with E-state index in [1.165, 1.54) is 5.56 Å². The van der Waals surface area contributed by atoms with E-state index < -0.39 is 0 Å². The van der Waals surface area contributed by atoms with Gasteiger partial charge in [0.1, 0.15) is 0 Å². The Morgan fingerprint density at radius 2 is 2.00 bits per heavy atom. The molecule has 0 fully saturated rings. The van der Waals surface area contributed by atoms with Crippen molar-refractivity contribution in [3.8, 4) is 0 Å². The Labute approximate surface area is 156 Å². The van der Waals surface area contributed by atoms with Crippen molar-refractivity contribution < 1.29 is 4.52 Å². The molecule has 0 amide bonds. The summed E-state index contributed by atoms with van der Waals surface area (Å²) in [6.07, 6.45) is 1.05. The van der Waals surface area contributed by atoms with Gasteiger partial charge in [-0.25, -0.2) is 0 Å². The molecule has 2 aromatic rings. The highest BCUT2D eigenvalue weighted by Gasteiger charge is 2.08. The van der Waals surface area contributed by atoms with Crippen LogP contribution in [-0.2, 0) is 13.1 Å². The fraction of sp³-hybridized carbons (Fsp3) is 0.500. The second-order valence-electron chi connectivity index (χ2n) is 6.80. The average Bonchev–Trinajstić information content (AvgIpc) is 3.11. The molecule has 0 atom stereocenters. The van der Waals surface area contributed by atoms with E-state index >= 15 is 0 Å². The van der Waals surface area contributed by atoms with Gasteiger partial charge in [0.05, 0.1) is 12.2 Å². The summed E-state index contributed by atoms with van der Waals surface area (Å²) in [6.45, 7) is 7.64. The molecule has 1 aromatic heterocycles. The van der Waals surface area contributed by atoms with E-state index in [1.54, 1.807) is 7.05 Å². The Bertz CT molecular complexity index is 666. The maximum Gasteiger partial charge on any atom is 0.191 e. The Morgan fingerprint density at radius 1 is 1.23 bits per heavy atom. The van der Waals surface area contributed by atoms with E-state index in [-0.39, 0.29) is 0 Å². The van der Waals surface area contributed by atoms with Crippen LogP contribution < -0.4 is 10.6 Å². The molecule has 1 heterocycles. The summed E-state index contributed by atoms with van der Waals surface area (Å²) in [4.78, 5) is 6.58. The SMILES string of the molecule is CN=C(NCCCN(C)Cc1ccccc1)NCc1cc(C(C)C)no1. The lowest BCUT2D eigenvalue weighted by atomic mass is 10.1. The fourth-order valence-electron chi connectivity index (χ4n) is 2.61. The highest BCUT2D eigenvalue weighted by atomic mass is 16.5. The molecule has 0 aliphatic rings. The minimum atomic E-state index is 0.373. The van der Waals surface area contributed by atoms with Gasteiger partial charge in [0, 0.05) is 26.2 Å². The number of rotatable bonds is 9. The first kappa shape index (κ1) is 20.0. The Hall–Kier alpha value is -2.34. The number of benzene rings is 1. The van der Waals surface area contributed by atoms with Crippen molar-refractivity contribution in [3.63, 3.8) is 0 Å². The maximum absolute atomic E-state index is 5.33. The van der Waals surface area contributed by atoms with Crippen LogP contribution in [0.4, 0.5) is 0 Å². The molecular formula is C20H31N5O. The number of aliphatic imine (C=N–C) groups is 1. The zero-order valence-corrected chi connectivity index (χ0v) is 16.3. The molecular weight excluding hydrogens is 326 g/mol. The second-order valence-corrected chi connectivity index (χ2v) is 6.80. The van der Waals surface area contributed by atoms with Crippen LogP contribution in [0.2, 0.25) is 0 Å². The quantitative estimate of drug-likeness (QED) is 0.410. The molecule has 6 nitrogen and oxygen atoms in total. The van der Waals surface area contributed by atoms with E-state index in [9.17, 15) is 0 Å². The van der Waals surface area contributed by atoms with Gasteiger partial charge in [-0.15, -0.1) is 0 Å². The fourth-order valence-corrected chi connectivity index (χ4v) is 2.61. The molecule has 0 aliphatic heterocycles. The van der Waals surface area contributed by atoms with Crippen LogP contribution in [0.3, 0.4) is 0 Å². The first-order valence-corrected chi connectivity index (χ1v) is 9.21. The standard InChI is InChI=1S/C20H31N5O/c1-16(2)19-13-18(26-24-19)14-23-20(21-3)22-11-8-12-25(4)15-17-9-6-5-7-10-17/h5-7,9-10,13,16H,8,11-12,14-15H2,1-4H3,(H2,21,22,23). The molecule has 0 spiro atoms. The first-order chi connectivity index (χ1) is 12.6. The van der Waals surface area contributed by atoms with Crippen molar-refractivity contribution in [3.05, 3.63) is 53.4 Å². The number of hydrogen-bond donors (Lipinski definition) is 2. The van der Waals surface area contributed by atoms with Crippen LogP contribution in [-0.4, -0.2) is 43.2 Å². The largest absolute Gasteiger partial charge is 0.359 e. The predicted molar refractivity (Wildman–Crippen MR) is 106 cm³/mol. The molecule has 1 aromatic carbocycles. The molecule has 0 saturated heterocycles. The van der Waals surface area contributed by atoms with Gasteiger partial charge >= 0.3 is 0 Å². The molecule has 26 heavy (non-hydrogen) atoms. The lowest BCUT2D eigenvalue weighted by Gasteiger charge is -2.17. The number of hydrogen-bond acceptors (Lipinski definition) is 4. The molecule has 0 aliphatic carbocycles. The van der Waals surface area contributed by atoms with Crippen LogP contribution >= 0.6 is 0 Å². The summed E-state index contributed by atoms with van der Waals surface area (Å²) in [5.74, 6) is 1.97. The van der Waals surface area contributed by atoms with Gasteiger partial charge in [-0.05, 0) is 31.5 Å². The van der Waals surface area contributed by atoms with Gasteiger partial charge in [-0.3, -0.25) is 4.99 Å². The summed E-state index contributed by atoms with van der Waals surface area (Å²) < 4.78 is 5.33. The third-order valence-electron chi connectivity index (χ3n) is 4.13. The van der Waals surface area contributed by atoms with Crippen molar-refractivity contribution in [1.82, 2.24) is 20.7 Å². The molecule has 2 rings (SSSR count). The van der Waals surface area contributed by atoms with Crippen molar-refractivity contribution >= 4 is 5.96 Å². The average molecular weight is 358 g/mol. The highest BCUT2D eigenvalue weighted by molar-refractivity contribution is 5.79. The van der Waals surface area contributed by atoms with Crippen molar-refractivity contribution in [2.75, 3.05) is 27.2 Å². The normalized spacial score (nSPS) is 12.0. The Balaban J connectivity index is 1.63. The predicted octanol–water partition coefficient (Wildman–Crippen LogP) is 2.99. The number of aromatic nitrogens is 1. The van der Waals surface area contributed by atoms with E-state index in [1.807, 2.05) is 6.07 Å². The first-order valence-electron chi connectivity index (χ1n) is 9.21. The third kappa shape index (κ3) is 6.88. The van der Waals surface area contributed by atoms with Crippen LogP contribution in [0.1, 0.15) is 43.2 Å². The molecule has 2 N–H and O–H groups in total. The minimum Gasteiger partial charge on any atom is -0.359 e. The van der Waals surface area contributed by atoms with Crippen LogP contribution in [0.5, 0.6) is 0 Å². The van der Waals surface area contributed by atoms with Crippen LogP contribution in [0.25, 0.3) is 0 Å². The van der Waals surface area contributed by atoms with Crippen LogP contribution in [0, 0.1) is 0 Å². The van der Waals surface area contributed by atoms with Crippen LogP contribution in [0.15, 0.2) is 45.9 Å². The topological polar surface area (TPSA) is 65.7 Å². The lowest BCUT2D eigenvalue weighted by Crippen LogP contribution is -2.38. The van der Waals surface area contributed by atoms with Gasteiger partial charge in [-0.2, -0.15) is 0 Å². The summed E-state index contributed by atoms with van der Waals surface area (Å²) in [6, 6.07) is 12.5. The van der Waals surface area contributed by atoms with Gasteiger partial charge in [0.15, 0.2) is 11.7 Å². The minimum absolute atomic E-state index is 0.373. The molecule has 0 radical (unpaired) electrons. The Morgan fingerprint density at radius 3 is 2.65 bits per heavy atom. The summed E-state index contributed by atoms with van der Waals surface area (Å²) in [5, 5.41) is 10.7. The monoisotopic (exact) mass is 357 g/mol. The molecule has 0 unspecified atom stereocenters. The van der Waals surface area contributed by atoms with Gasteiger partial charge in [0.25, 0.3) is 0 Å². The van der Waals surface area contributed by atoms with Gasteiger partial charge < -0.3 is 20.1 Å².